The summed E-state index contributed by atoms with van der Waals surface area (Å²) in [6.45, 7) is 10.8. The summed E-state index contributed by atoms with van der Waals surface area (Å²) < 4.78 is 34.7. The first-order chi connectivity index (χ1) is 16.0. The summed E-state index contributed by atoms with van der Waals surface area (Å²) in [6.07, 6.45) is 1.58. The summed E-state index contributed by atoms with van der Waals surface area (Å²) in [4.78, 5) is 12.7. The number of carbonyl (C=O) groups is 1. The normalized spacial score (nSPS) is 13.8. The van der Waals surface area contributed by atoms with Gasteiger partial charge in [-0.2, -0.15) is 0 Å². The van der Waals surface area contributed by atoms with Crippen LogP contribution in [0.2, 0.25) is 18.1 Å². The molecule has 1 heterocycles. The van der Waals surface area contributed by atoms with Crippen molar-refractivity contribution < 1.29 is 32.9 Å². The summed E-state index contributed by atoms with van der Waals surface area (Å²) in [7, 11) is 4.07. The minimum absolute atomic E-state index is 0.00327. The molecule has 3 rings (SSSR count). The van der Waals surface area contributed by atoms with Crippen LogP contribution in [0.5, 0.6) is 34.5 Å². The highest BCUT2D eigenvalue weighted by atomic mass is 28.4. The number of hydrogen-bond donors (Lipinski definition) is 0. The summed E-state index contributed by atoms with van der Waals surface area (Å²) in [5.74, 6) is 2.74. The Balaban J connectivity index is 2.23. The molecule has 7 nitrogen and oxygen atoms in total. The minimum atomic E-state index is -2.15. The maximum Gasteiger partial charge on any atom is 0.250 e. The van der Waals surface area contributed by atoms with Crippen LogP contribution in [0.4, 0.5) is 0 Å². The molecule has 0 amide bonds. The van der Waals surface area contributed by atoms with E-state index in [1.807, 2.05) is 18.2 Å². The first-order valence-corrected chi connectivity index (χ1v) is 14.0. The molecule has 8 heteroatoms. The van der Waals surface area contributed by atoms with Crippen LogP contribution in [0.1, 0.15) is 31.9 Å². The standard InChI is InChI=1S/C26H34O7Si/c1-26(2,3)34(8,9)33-21-12-16(10-11-20(21)28-4)18-13-17(27)15-32-23-19(18)14-22(29-5)24(30-6)25(23)31-7/h10-14H,15H2,1-9H3. The molecule has 0 saturated heterocycles. The molecule has 34 heavy (non-hydrogen) atoms. The summed E-state index contributed by atoms with van der Waals surface area (Å²) in [5.41, 5.74) is 2.10. The Hall–Kier alpha value is -3.13. The third-order valence-electron chi connectivity index (χ3n) is 6.38. The van der Waals surface area contributed by atoms with E-state index in [1.165, 1.54) is 14.2 Å². The molecule has 0 aromatic heterocycles. The van der Waals surface area contributed by atoms with Crippen LogP contribution in [-0.2, 0) is 4.79 Å². The maximum absolute atomic E-state index is 12.7. The number of methoxy groups -OCH3 is 4. The quantitative estimate of drug-likeness (QED) is 0.479. The lowest BCUT2D eigenvalue weighted by atomic mass is 9.95. The van der Waals surface area contributed by atoms with E-state index in [2.05, 4.69) is 33.9 Å². The molecule has 0 atom stereocenters. The van der Waals surface area contributed by atoms with Gasteiger partial charge in [-0.1, -0.05) is 26.8 Å². The zero-order valence-electron chi connectivity index (χ0n) is 21.5. The summed E-state index contributed by atoms with van der Waals surface area (Å²) in [5, 5.41) is 0.00327. The van der Waals surface area contributed by atoms with Crippen molar-refractivity contribution in [1.29, 1.82) is 0 Å². The highest BCUT2D eigenvalue weighted by Crippen LogP contribution is 2.51. The fraction of sp³-hybridized carbons (Fsp3) is 0.423. The molecule has 0 fully saturated rings. The van der Waals surface area contributed by atoms with Gasteiger partial charge >= 0.3 is 0 Å². The highest BCUT2D eigenvalue weighted by Gasteiger charge is 2.39. The van der Waals surface area contributed by atoms with Gasteiger partial charge in [-0.25, -0.2) is 0 Å². The van der Waals surface area contributed by atoms with E-state index in [4.69, 9.17) is 28.1 Å². The monoisotopic (exact) mass is 486 g/mol. The fourth-order valence-electron chi connectivity index (χ4n) is 3.49. The lowest BCUT2D eigenvalue weighted by Gasteiger charge is -2.37. The van der Waals surface area contributed by atoms with E-state index in [1.54, 1.807) is 26.4 Å². The highest BCUT2D eigenvalue weighted by molar-refractivity contribution is 6.74. The van der Waals surface area contributed by atoms with Gasteiger partial charge in [-0.3, -0.25) is 4.79 Å². The summed E-state index contributed by atoms with van der Waals surface area (Å²) >= 11 is 0. The molecule has 0 saturated carbocycles. The molecule has 1 aliphatic heterocycles. The number of fused-ring (bicyclic) bond motifs is 1. The second-order valence-electron chi connectivity index (χ2n) is 9.56. The van der Waals surface area contributed by atoms with Crippen LogP contribution in [0.15, 0.2) is 30.3 Å². The molecule has 0 unspecified atom stereocenters. The SMILES string of the molecule is COc1ccc(C2=CC(=O)COc3c2cc(OC)c(OC)c3OC)cc1O[Si](C)(C)C(C)(C)C. The van der Waals surface area contributed by atoms with Crippen LogP contribution in [0.3, 0.4) is 0 Å². The van der Waals surface area contributed by atoms with Gasteiger partial charge in [0.25, 0.3) is 8.32 Å². The van der Waals surface area contributed by atoms with Crippen molar-refractivity contribution >= 4 is 19.7 Å². The zero-order chi connectivity index (χ0) is 25.3. The topological polar surface area (TPSA) is 72.5 Å². The van der Waals surface area contributed by atoms with E-state index in [9.17, 15) is 4.79 Å². The third kappa shape index (κ3) is 4.73. The van der Waals surface area contributed by atoms with Gasteiger partial charge in [0.15, 0.2) is 29.6 Å². The van der Waals surface area contributed by atoms with Gasteiger partial charge in [0.1, 0.15) is 5.75 Å². The van der Waals surface area contributed by atoms with E-state index in [-0.39, 0.29) is 17.4 Å². The second kappa shape index (κ2) is 9.62. The average molecular weight is 487 g/mol. The van der Waals surface area contributed by atoms with Crippen molar-refractivity contribution in [3.05, 3.63) is 41.5 Å². The minimum Gasteiger partial charge on any atom is -0.541 e. The first kappa shape index (κ1) is 25.5. The van der Waals surface area contributed by atoms with Crippen LogP contribution >= 0.6 is 0 Å². The first-order valence-electron chi connectivity index (χ1n) is 11.1. The van der Waals surface area contributed by atoms with Crippen molar-refractivity contribution in [3.63, 3.8) is 0 Å². The van der Waals surface area contributed by atoms with Crippen molar-refractivity contribution in [2.45, 2.75) is 38.9 Å². The molecule has 184 valence electrons. The third-order valence-corrected chi connectivity index (χ3v) is 10.7. The van der Waals surface area contributed by atoms with Crippen molar-refractivity contribution in [2.75, 3.05) is 35.0 Å². The van der Waals surface area contributed by atoms with Gasteiger partial charge in [-0.05, 0) is 53.5 Å². The maximum atomic E-state index is 12.7. The van der Waals surface area contributed by atoms with Crippen molar-refractivity contribution in [3.8, 4) is 34.5 Å². The van der Waals surface area contributed by atoms with Gasteiger partial charge < -0.3 is 28.1 Å². The number of ketones is 1. The lowest BCUT2D eigenvalue weighted by molar-refractivity contribution is -0.116. The predicted octanol–water partition coefficient (Wildman–Crippen LogP) is 5.50. The number of ether oxygens (including phenoxy) is 5. The van der Waals surface area contributed by atoms with Crippen LogP contribution in [0, 0.1) is 0 Å². The second-order valence-corrected chi connectivity index (χ2v) is 14.3. The molecule has 0 N–H and O–H groups in total. The molecule has 0 spiro atoms. The lowest BCUT2D eigenvalue weighted by Crippen LogP contribution is -2.43. The number of benzene rings is 2. The number of carbonyl (C=O) groups excluding carboxylic acids is 1. The Morgan fingerprint density at radius 2 is 1.50 bits per heavy atom. The largest absolute Gasteiger partial charge is 0.541 e. The van der Waals surface area contributed by atoms with Crippen LogP contribution in [-0.4, -0.2) is 49.1 Å². The Morgan fingerprint density at radius 1 is 0.853 bits per heavy atom. The van der Waals surface area contributed by atoms with Gasteiger partial charge in [0.2, 0.25) is 11.5 Å². The van der Waals surface area contributed by atoms with E-state index in [0.717, 1.165) is 5.56 Å². The van der Waals surface area contributed by atoms with Crippen molar-refractivity contribution in [1.82, 2.24) is 0 Å². The Kier molecular flexibility index (Phi) is 7.21. The molecule has 1 aliphatic rings. The Bertz CT molecular complexity index is 1110. The Morgan fingerprint density at radius 3 is 2.06 bits per heavy atom. The molecule has 0 radical (unpaired) electrons. The van der Waals surface area contributed by atoms with Crippen LogP contribution in [0.25, 0.3) is 5.57 Å². The van der Waals surface area contributed by atoms with Gasteiger partial charge in [-0.15, -0.1) is 0 Å². The zero-order valence-corrected chi connectivity index (χ0v) is 22.5. The van der Waals surface area contributed by atoms with Gasteiger partial charge in [0.05, 0.1) is 28.4 Å². The number of hydrogen-bond acceptors (Lipinski definition) is 7. The molecular weight excluding hydrogens is 452 g/mol. The van der Waals surface area contributed by atoms with E-state index in [0.29, 0.717) is 45.6 Å². The number of rotatable bonds is 7. The van der Waals surface area contributed by atoms with Crippen LogP contribution < -0.4 is 28.1 Å². The fourth-order valence-corrected chi connectivity index (χ4v) is 4.50. The average Bonchev–Trinajstić information content (AvgIpc) is 2.95. The van der Waals surface area contributed by atoms with Gasteiger partial charge in [0, 0.05) is 5.56 Å². The molecular formula is C26H34O7Si. The smallest absolute Gasteiger partial charge is 0.250 e. The molecule has 0 bridgehead atoms. The molecule has 0 aliphatic carbocycles. The van der Waals surface area contributed by atoms with Crippen molar-refractivity contribution in [2.24, 2.45) is 0 Å². The molecule has 2 aromatic rings. The Labute approximate surface area is 202 Å². The van der Waals surface area contributed by atoms with E-state index < -0.39 is 8.32 Å². The van der Waals surface area contributed by atoms with E-state index >= 15 is 0 Å². The molecule has 2 aromatic carbocycles. The predicted molar refractivity (Wildman–Crippen MR) is 134 cm³/mol. The summed E-state index contributed by atoms with van der Waals surface area (Å²) in [6, 6.07) is 7.46.